The standard InChI is InChI=1S/C20H19S.C7H8O4S/c1-4-10-18(11-5-1)16-21(20-14-8-3-9-15-20)17-19-12-6-2-7-13-19;8-12(9,10)11-6-7-4-2-1-3-5-7/h1-15H,16-17H2;1-5H,6H2,(H,8,9,10)/q+1;/p-1. The summed E-state index contributed by atoms with van der Waals surface area (Å²) >= 11 is 0. The second-order valence-electron chi connectivity index (χ2n) is 7.22. The van der Waals surface area contributed by atoms with Gasteiger partial charge in [0, 0.05) is 22.0 Å². The van der Waals surface area contributed by atoms with Gasteiger partial charge in [0.25, 0.3) is 0 Å². The minimum absolute atomic E-state index is 0.202. The molecule has 0 saturated carbocycles. The van der Waals surface area contributed by atoms with Crippen molar-refractivity contribution in [3.8, 4) is 0 Å². The zero-order chi connectivity index (χ0) is 23.4. The van der Waals surface area contributed by atoms with Gasteiger partial charge in [-0.25, -0.2) is 8.42 Å². The SMILES string of the molecule is O=S(=O)([O-])OCc1ccccc1.c1ccc(C[S+](Cc2ccccc2)c2ccccc2)cc1. The predicted octanol–water partition coefficient (Wildman–Crippen LogP) is 5.73. The van der Waals surface area contributed by atoms with Crippen molar-refractivity contribution in [2.45, 2.75) is 23.0 Å². The molecule has 0 aromatic heterocycles. The highest BCUT2D eigenvalue weighted by atomic mass is 32.3. The second kappa shape index (κ2) is 13.0. The van der Waals surface area contributed by atoms with Gasteiger partial charge in [-0.3, -0.25) is 4.18 Å². The zero-order valence-electron chi connectivity index (χ0n) is 18.1. The molecular formula is C27H26O4S2. The van der Waals surface area contributed by atoms with Crippen LogP contribution in [0.25, 0.3) is 0 Å². The Kier molecular flexibility index (Phi) is 9.72. The summed E-state index contributed by atoms with van der Waals surface area (Å²) in [5.74, 6) is 2.22. The van der Waals surface area contributed by atoms with Crippen LogP contribution in [-0.4, -0.2) is 13.0 Å². The molecule has 0 N–H and O–H groups in total. The third-order valence-corrected chi connectivity index (χ3v) is 7.37. The average Bonchev–Trinajstić information content (AvgIpc) is 2.85. The lowest BCUT2D eigenvalue weighted by atomic mass is 10.2. The van der Waals surface area contributed by atoms with E-state index in [1.165, 1.54) is 16.0 Å². The minimum Gasteiger partial charge on any atom is -0.726 e. The number of hydrogen-bond acceptors (Lipinski definition) is 4. The van der Waals surface area contributed by atoms with Crippen molar-refractivity contribution in [2.24, 2.45) is 0 Å². The first kappa shape index (κ1) is 24.7. The Balaban J connectivity index is 0.000000218. The van der Waals surface area contributed by atoms with E-state index in [-0.39, 0.29) is 17.5 Å². The van der Waals surface area contributed by atoms with Crippen molar-refractivity contribution >= 4 is 21.3 Å². The quantitative estimate of drug-likeness (QED) is 0.184. The summed E-state index contributed by atoms with van der Waals surface area (Å²) in [6.45, 7) is -0.202. The average molecular weight is 479 g/mol. The molecule has 0 amide bonds. The van der Waals surface area contributed by atoms with Crippen LogP contribution in [0.4, 0.5) is 0 Å². The molecule has 4 nitrogen and oxygen atoms in total. The highest BCUT2D eigenvalue weighted by Crippen LogP contribution is 2.23. The van der Waals surface area contributed by atoms with Crippen LogP contribution in [0.15, 0.2) is 126 Å². The molecular weight excluding hydrogens is 452 g/mol. The number of hydrogen-bond donors (Lipinski definition) is 0. The van der Waals surface area contributed by atoms with Crippen LogP contribution in [0.1, 0.15) is 16.7 Å². The lowest BCUT2D eigenvalue weighted by Crippen LogP contribution is -2.09. The van der Waals surface area contributed by atoms with Crippen LogP contribution < -0.4 is 0 Å². The van der Waals surface area contributed by atoms with Gasteiger partial charge in [0.05, 0.1) is 6.61 Å². The van der Waals surface area contributed by atoms with Crippen molar-refractivity contribution in [3.05, 3.63) is 138 Å². The van der Waals surface area contributed by atoms with Crippen LogP contribution in [0.5, 0.6) is 0 Å². The highest BCUT2D eigenvalue weighted by molar-refractivity contribution is 7.95. The molecule has 4 aromatic carbocycles. The molecule has 0 aliphatic rings. The Morgan fingerprint density at radius 3 is 1.33 bits per heavy atom. The molecule has 4 rings (SSSR count). The topological polar surface area (TPSA) is 66.4 Å². The van der Waals surface area contributed by atoms with Crippen molar-refractivity contribution in [3.63, 3.8) is 0 Å². The Bertz CT molecular complexity index is 1130. The summed E-state index contributed by atoms with van der Waals surface area (Å²) in [5.41, 5.74) is 3.48. The smallest absolute Gasteiger partial charge is 0.217 e. The molecule has 6 heteroatoms. The van der Waals surface area contributed by atoms with E-state index >= 15 is 0 Å². The summed E-state index contributed by atoms with van der Waals surface area (Å²) in [6.07, 6.45) is 0. The van der Waals surface area contributed by atoms with E-state index < -0.39 is 10.4 Å². The van der Waals surface area contributed by atoms with Gasteiger partial charge in [0.2, 0.25) is 10.4 Å². The molecule has 170 valence electrons. The third-order valence-electron chi connectivity index (χ3n) is 4.66. The molecule has 0 bridgehead atoms. The van der Waals surface area contributed by atoms with E-state index in [9.17, 15) is 13.0 Å². The fourth-order valence-corrected chi connectivity index (χ4v) is 5.54. The van der Waals surface area contributed by atoms with Gasteiger partial charge in [-0.2, -0.15) is 0 Å². The van der Waals surface area contributed by atoms with Gasteiger partial charge in [0.1, 0.15) is 11.5 Å². The molecule has 0 spiro atoms. The van der Waals surface area contributed by atoms with E-state index in [2.05, 4.69) is 95.2 Å². The molecule has 0 aliphatic heterocycles. The summed E-state index contributed by atoms with van der Waals surface area (Å²) in [5, 5.41) is 0. The van der Waals surface area contributed by atoms with Gasteiger partial charge in [-0.15, -0.1) is 0 Å². The van der Waals surface area contributed by atoms with Gasteiger partial charge in [0.15, 0.2) is 4.90 Å². The monoisotopic (exact) mass is 478 g/mol. The molecule has 0 fully saturated rings. The van der Waals surface area contributed by atoms with E-state index in [4.69, 9.17) is 0 Å². The van der Waals surface area contributed by atoms with Crippen LogP contribution >= 0.6 is 0 Å². The molecule has 0 aliphatic carbocycles. The van der Waals surface area contributed by atoms with Gasteiger partial charge < -0.3 is 4.55 Å². The predicted molar refractivity (Wildman–Crippen MR) is 133 cm³/mol. The van der Waals surface area contributed by atoms with E-state index in [0.717, 1.165) is 11.5 Å². The Morgan fingerprint density at radius 2 is 0.939 bits per heavy atom. The lowest BCUT2D eigenvalue weighted by Gasteiger charge is -2.09. The fraction of sp³-hybridized carbons (Fsp3) is 0.111. The molecule has 0 atom stereocenters. The summed E-state index contributed by atoms with van der Waals surface area (Å²) in [4.78, 5) is 1.45. The lowest BCUT2D eigenvalue weighted by molar-refractivity contribution is 0.253. The summed E-state index contributed by atoms with van der Waals surface area (Å²) in [7, 11) is -4.36. The van der Waals surface area contributed by atoms with Crippen LogP contribution in [0.2, 0.25) is 0 Å². The molecule has 0 saturated heterocycles. The van der Waals surface area contributed by atoms with Crippen LogP contribution in [0, 0.1) is 0 Å². The van der Waals surface area contributed by atoms with Gasteiger partial charge in [-0.1, -0.05) is 109 Å². The van der Waals surface area contributed by atoms with Crippen molar-refractivity contribution in [2.75, 3.05) is 0 Å². The first-order valence-electron chi connectivity index (χ1n) is 10.4. The normalized spacial score (nSPS) is 11.0. The Hall–Kier alpha value is -2.90. The van der Waals surface area contributed by atoms with E-state index in [0.29, 0.717) is 5.56 Å². The molecule has 0 unspecified atom stereocenters. The zero-order valence-corrected chi connectivity index (χ0v) is 19.8. The van der Waals surface area contributed by atoms with Crippen LogP contribution in [0.3, 0.4) is 0 Å². The largest absolute Gasteiger partial charge is 0.726 e. The Morgan fingerprint density at radius 1 is 0.576 bits per heavy atom. The first-order chi connectivity index (χ1) is 16.0. The Labute approximate surface area is 199 Å². The van der Waals surface area contributed by atoms with Crippen molar-refractivity contribution in [1.29, 1.82) is 0 Å². The van der Waals surface area contributed by atoms with E-state index in [1.807, 2.05) is 0 Å². The molecule has 0 heterocycles. The highest BCUT2D eigenvalue weighted by Gasteiger charge is 2.22. The minimum atomic E-state index is -4.57. The molecule has 0 radical (unpaired) electrons. The fourth-order valence-electron chi connectivity index (χ4n) is 3.10. The maximum absolute atomic E-state index is 10.0. The third kappa shape index (κ3) is 9.63. The van der Waals surface area contributed by atoms with E-state index in [1.54, 1.807) is 30.3 Å². The summed E-state index contributed by atoms with van der Waals surface area (Å²) < 4.78 is 34.1. The van der Waals surface area contributed by atoms with Crippen LogP contribution in [-0.2, 0) is 43.6 Å². The number of benzene rings is 4. The maximum atomic E-state index is 10.0. The summed E-state index contributed by atoms with van der Waals surface area (Å²) in [6, 6.07) is 41.1. The number of rotatable bonds is 8. The van der Waals surface area contributed by atoms with Crippen molar-refractivity contribution in [1.82, 2.24) is 0 Å². The van der Waals surface area contributed by atoms with Crippen molar-refractivity contribution < 1.29 is 17.2 Å². The second-order valence-corrected chi connectivity index (χ2v) is 10.3. The first-order valence-corrected chi connectivity index (χ1v) is 13.3. The maximum Gasteiger partial charge on any atom is 0.217 e. The van der Waals surface area contributed by atoms with Gasteiger partial charge in [-0.05, 0) is 17.7 Å². The molecule has 33 heavy (non-hydrogen) atoms. The molecule has 4 aromatic rings. The van der Waals surface area contributed by atoms with Gasteiger partial charge >= 0.3 is 0 Å².